The molecule has 4 heteroatoms. The molecule has 3 heterocycles. The highest BCUT2D eigenvalue weighted by Gasteiger charge is 2.43. The quantitative estimate of drug-likeness (QED) is 0.112. The molecule has 0 aliphatic carbocycles. The third kappa shape index (κ3) is 5.21. The monoisotopic (exact) mass is 831 g/mol. The fourth-order valence-electron chi connectivity index (χ4n) is 11.0. The summed E-state index contributed by atoms with van der Waals surface area (Å²) >= 11 is 0. The van der Waals surface area contributed by atoms with Gasteiger partial charge in [-0.15, -0.1) is 0 Å². The topological polar surface area (TPSA) is 14.8 Å². The van der Waals surface area contributed by atoms with Crippen LogP contribution in [-0.4, -0.2) is 21.8 Å². The third-order valence-corrected chi connectivity index (χ3v) is 18.4. The maximum absolute atomic E-state index is 3.01. The molecule has 13 rings (SSSR count). The van der Waals surface area contributed by atoms with Crippen molar-refractivity contribution < 1.29 is 0 Å². The molecule has 10 aromatic carbocycles. The van der Waals surface area contributed by atoms with E-state index >= 15 is 0 Å². The fourth-order valence-corrected chi connectivity index (χ4v) is 16.0. The van der Waals surface area contributed by atoms with Gasteiger partial charge in [0.15, 0.2) is 8.07 Å². The zero-order valence-electron chi connectivity index (χ0n) is 35.0. The van der Waals surface area contributed by atoms with Crippen molar-refractivity contribution in [2.45, 2.75) is 0 Å². The number of fused-ring (bicyclic) bond motifs is 10. The van der Waals surface area contributed by atoms with Gasteiger partial charge < -0.3 is 13.7 Å². The van der Waals surface area contributed by atoms with E-state index < -0.39 is 8.07 Å². The number of hydrogen-bond donors (Lipinski definition) is 0. The average molecular weight is 832 g/mol. The lowest BCUT2D eigenvalue weighted by atomic mass is 10.1. The maximum atomic E-state index is 2.48. The molecule has 0 bridgehead atoms. The summed E-state index contributed by atoms with van der Waals surface area (Å²) in [5, 5.41) is 13.0. The van der Waals surface area contributed by atoms with E-state index in [1.165, 1.54) is 86.2 Å². The van der Waals surface area contributed by atoms with E-state index in [0.29, 0.717) is 0 Å². The highest BCUT2D eigenvalue weighted by molar-refractivity contribution is 7.20. The zero-order valence-corrected chi connectivity index (χ0v) is 36.0. The Morgan fingerprint density at radius 3 is 1.22 bits per heavy atom. The van der Waals surface area contributed by atoms with Crippen LogP contribution in [0.5, 0.6) is 0 Å². The van der Waals surface area contributed by atoms with Crippen LogP contribution in [0.4, 0.5) is 0 Å². The molecule has 0 fully saturated rings. The lowest BCUT2D eigenvalue weighted by molar-refractivity contribution is 1.17. The van der Waals surface area contributed by atoms with Gasteiger partial charge in [-0.2, -0.15) is 0 Å². The van der Waals surface area contributed by atoms with Gasteiger partial charge in [0.25, 0.3) is 0 Å². The largest absolute Gasteiger partial charge is 0.309 e. The van der Waals surface area contributed by atoms with E-state index in [9.17, 15) is 0 Å². The SMILES string of the molecule is c1ccc(-n2c3ccccc3c3c([Si](c4ccccc4)(c4ccccc4)c4ccc(-n5c6ccccc6c6c5ccc5c7ccccc7n(-c7ccccc7)c56)cc4)cccc32)cc1. The molecule has 64 heavy (non-hydrogen) atoms. The molecule has 0 amide bonds. The van der Waals surface area contributed by atoms with Gasteiger partial charge in [-0.1, -0.05) is 182 Å². The van der Waals surface area contributed by atoms with E-state index in [1.807, 2.05) is 0 Å². The van der Waals surface area contributed by atoms with Gasteiger partial charge in [0.1, 0.15) is 0 Å². The van der Waals surface area contributed by atoms with Crippen molar-refractivity contribution in [3.8, 4) is 17.1 Å². The van der Waals surface area contributed by atoms with Gasteiger partial charge in [-0.3, -0.25) is 0 Å². The maximum Gasteiger partial charge on any atom is 0.180 e. The minimum atomic E-state index is -3.01. The number of rotatable bonds is 7. The van der Waals surface area contributed by atoms with Crippen molar-refractivity contribution in [2.24, 2.45) is 0 Å². The molecule has 3 aromatic heterocycles. The number of hydrogen-bond acceptors (Lipinski definition) is 0. The van der Waals surface area contributed by atoms with Gasteiger partial charge in [-0.25, -0.2) is 0 Å². The summed E-state index contributed by atoms with van der Waals surface area (Å²) in [7, 11) is -3.01. The molecule has 0 saturated carbocycles. The van der Waals surface area contributed by atoms with Crippen LogP contribution in [0.25, 0.3) is 82.5 Å². The average Bonchev–Trinajstić information content (AvgIpc) is 4.02. The van der Waals surface area contributed by atoms with Crippen molar-refractivity contribution in [1.82, 2.24) is 13.7 Å². The van der Waals surface area contributed by atoms with Crippen LogP contribution in [0.3, 0.4) is 0 Å². The first-order chi connectivity index (χ1) is 31.8. The number of aromatic nitrogens is 3. The first-order valence-electron chi connectivity index (χ1n) is 22.1. The molecule has 3 nitrogen and oxygen atoms in total. The Bertz CT molecular complexity index is 3830. The molecular formula is C60H41N3Si. The van der Waals surface area contributed by atoms with Gasteiger partial charge >= 0.3 is 0 Å². The molecule has 0 N–H and O–H groups in total. The Morgan fingerprint density at radius 1 is 0.234 bits per heavy atom. The van der Waals surface area contributed by atoms with Crippen LogP contribution < -0.4 is 20.7 Å². The molecule has 0 radical (unpaired) electrons. The summed E-state index contributed by atoms with van der Waals surface area (Å²) in [5.74, 6) is 0. The smallest absolute Gasteiger partial charge is 0.180 e. The van der Waals surface area contributed by atoms with E-state index in [2.05, 4.69) is 262 Å². The normalized spacial score (nSPS) is 12.1. The van der Waals surface area contributed by atoms with Gasteiger partial charge in [0.05, 0.1) is 33.1 Å². The van der Waals surface area contributed by atoms with Crippen LogP contribution in [0.15, 0.2) is 249 Å². The summed E-state index contributed by atoms with van der Waals surface area (Å²) in [5.41, 5.74) is 10.7. The highest BCUT2D eigenvalue weighted by atomic mass is 28.3. The molecule has 300 valence electrons. The predicted octanol–water partition coefficient (Wildman–Crippen LogP) is 12.4. The minimum absolute atomic E-state index is 1.14. The van der Waals surface area contributed by atoms with Crippen LogP contribution in [0.1, 0.15) is 0 Å². The number of nitrogens with zero attached hydrogens (tertiary/aromatic N) is 3. The van der Waals surface area contributed by atoms with Crippen molar-refractivity contribution in [3.05, 3.63) is 249 Å². The minimum Gasteiger partial charge on any atom is -0.309 e. The Balaban J connectivity index is 1.10. The van der Waals surface area contributed by atoms with E-state index in [1.54, 1.807) is 0 Å². The molecule has 0 aliphatic rings. The van der Waals surface area contributed by atoms with Crippen LogP contribution in [0.2, 0.25) is 0 Å². The number of benzene rings is 10. The zero-order chi connectivity index (χ0) is 42.2. The molecule has 0 spiro atoms. The summed E-state index contributed by atoms with van der Waals surface area (Å²) in [6.45, 7) is 0. The first-order valence-corrected chi connectivity index (χ1v) is 24.1. The Labute approximate surface area is 372 Å². The van der Waals surface area contributed by atoms with Crippen LogP contribution in [0, 0.1) is 0 Å². The van der Waals surface area contributed by atoms with E-state index in [4.69, 9.17) is 0 Å². The van der Waals surface area contributed by atoms with Gasteiger partial charge in [0.2, 0.25) is 0 Å². The fraction of sp³-hybridized carbons (Fsp3) is 0. The lowest BCUT2D eigenvalue weighted by Gasteiger charge is -2.35. The summed E-state index contributed by atoms with van der Waals surface area (Å²) < 4.78 is 7.38. The van der Waals surface area contributed by atoms with Gasteiger partial charge in [-0.05, 0) is 87.5 Å². The van der Waals surface area contributed by atoms with E-state index in [0.717, 1.165) is 17.1 Å². The summed E-state index contributed by atoms with van der Waals surface area (Å²) in [6.07, 6.45) is 0. The standard InChI is InChI=1S/C60H41N3Si/c1-5-20-42(21-6-1)61-53-32-17-14-29-50(53)58-55(61)34-19-35-57(58)64(45-24-9-3-10-25-45,46-26-11-4-12-27-46)47-38-36-44(37-39-47)62-54-33-18-15-30-51(54)59-56(62)41-40-49-48-28-13-16-31-52(48)63(60(49)59)43-22-7-2-8-23-43/h1-41H. The molecular weight excluding hydrogens is 791 g/mol. The highest BCUT2D eigenvalue weighted by Crippen LogP contribution is 2.42. The molecule has 0 unspecified atom stereocenters. The Kier molecular flexibility index (Phi) is 8.23. The number of para-hydroxylation sites is 5. The van der Waals surface area contributed by atoms with Crippen LogP contribution >= 0.6 is 0 Å². The second-order valence-electron chi connectivity index (χ2n) is 16.8. The summed E-state index contributed by atoms with van der Waals surface area (Å²) in [6, 6.07) is 92.3. The summed E-state index contributed by atoms with van der Waals surface area (Å²) in [4.78, 5) is 0. The molecule has 13 aromatic rings. The Morgan fingerprint density at radius 2 is 0.641 bits per heavy atom. The molecule has 0 saturated heterocycles. The third-order valence-electron chi connectivity index (χ3n) is 13.6. The second-order valence-corrected chi connectivity index (χ2v) is 20.6. The van der Waals surface area contributed by atoms with Crippen molar-refractivity contribution >= 4 is 94.2 Å². The lowest BCUT2D eigenvalue weighted by Crippen LogP contribution is -2.74. The molecule has 0 atom stereocenters. The van der Waals surface area contributed by atoms with E-state index in [-0.39, 0.29) is 0 Å². The first kappa shape index (κ1) is 36.5. The van der Waals surface area contributed by atoms with Gasteiger partial charge in [0, 0.05) is 49.4 Å². The van der Waals surface area contributed by atoms with Crippen LogP contribution in [-0.2, 0) is 0 Å². The predicted molar refractivity (Wildman–Crippen MR) is 273 cm³/mol. The molecule has 0 aliphatic heterocycles. The van der Waals surface area contributed by atoms with Crippen molar-refractivity contribution in [3.63, 3.8) is 0 Å². The Hall–Kier alpha value is -8.18. The van der Waals surface area contributed by atoms with Crippen molar-refractivity contribution in [1.29, 1.82) is 0 Å². The second kappa shape index (κ2) is 14.5. The van der Waals surface area contributed by atoms with Crippen molar-refractivity contribution in [2.75, 3.05) is 0 Å².